The zero-order valence-electron chi connectivity index (χ0n) is 7.01. The Bertz CT molecular complexity index is 459. The van der Waals surface area contributed by atoms with Crippen LogP contribution in [0.2, 0.25) is 5.15 Å². The molecule has 0 saturated heterocycles. The van der Waals surface area contributed by atoms with E-state index in [1.165, 1.54) is 12.3 Å². The van der Waals surface area contributed by atoms with E-state index in [2.05, 4.69) is 4.98 Å². The van der Waals surface area contributed by atoms with E-state index in [0.29, 0.717) is 15.9 Å². The topological polar surface area (TPSA) is 12.9 Å². The number of fused-ring (bicyclic) bond motifs is 1. The van der Waals surface area contributed by atoms with Crippen molar-refractivity contribution in [3.63, 3.8) is 0 Å². The molecule has 0 aliphatic carbocycles. The molecule has 0 fully saturated rings. The van der Waals surface area contributed by atoms with E-state index < -0.39 is 0 Å². The van der Waals surface area contributed by atoms with Gasteiger partial charge in [-0.3, -0.25) is 0 Å². The van der Waals surface area contributed by atoms with Crippen molar-refractivity contribution in [2.75, 3.05) is 0 Å². The summed E-state index contributed by atoms with van der Waals surface area (Å²) in [6, 6.07) is 4.77. The van der Waals surface area contributed by atoms with E-state index in [1.807, 2.05) is 6.92 Å². The summed E-state index contributed by atoms with van der Waals surface area (Å²) in [7, 11) is 0. The second-order valence-corrected chi connectivity index (χ2v) is 3.25. The number of hydrogen-bond acceptors (Lipinski definition) is 1. The van der Waals surface area contributed by atoms with Crippen LogP contribution in [0.5, 0.6) is 0 Å². The monoisotopic (exact) mass is 195 g/mol. The van der Waals surface area contributed by atoms with Gasteiger partial charge in [0.1, 0.15) is 11.0 Å². The minimum Gasteiger partial charge on any atom is -0.244 e. The van der Waals surface area contributed by atoms with Crippen molar-refractivity contribution in [1.29, 1.82) is 0 Å². The summed E-state index contributed by atoms with van der Waals surface area (Å²) < 4.78 is 13.3. The van der Waals surface area contributed by atoms with Crippen LogP contribution in [0.3, 0.4) is 0 Å². The first-order chi connectivity index (χ1) is 6.20. The molecule has 66 valence electrons. The minimum absolute atomic E-state index is 0.259. The van der Waals surface area contributed by atoms with E-state index in [4.69, 9.17) is 11.6 Å². The Morgan fingerprint density at radius 1 is 1.31 bits per heavy atom. The largest absolute Gasteiger partial charge is 0.244 e. The summed E-state index contributed by atoms with van der Waals surface area (Å²) >= 11 is 5.86. The van der Waals surface area contributed by atoms with Crippen LogP contribution >= 0.6 is 11.6 Å². The quantitative estimate of drug-likeness (QED) is 0.588. The van der Waals surface area contributed by atoms with E-state index in [1.54, 1.807) is 12.1 Å². The molecule has 1 aromatic heterocycles. The number of benzene rings is 1. The SMILES string of the molecule is Cc1ccc(F)c2ccnc(Cl)c12. The second kappa shape index (κ2) is 2.96. The van der Waals surface area contributed by atoms with Gasteiger partial charge in [-0.2, -0.15) is 0 Å². The molecule has 0 radical (unpaired) electrons. The summed E-state index contributed by atoms with van der Waals surface area (Å²) in [6.45, 7) is 1.88. The summed E-state index contributed by atoms with van der Waals surface area (Å²) in [5.41, 5.74) is 0.939. The number of pyridine rings is 1. The first kappa shape index (κ1) is 8.45. The van der Waals surface area contributed by atoms with Gasteiger partial charge in [-0.25, -0.2) is 9.37 Å². The van der Waals surface area contributed by atoms with Crippen LogP contribution in [0, 0.1) is 12.7 Å². The lowest BCUT2D eigenvalue weighted by molar-refractivity contribution is 0.639. The Morgan fingerprint density at radius 2 is 2.08 bits per heavy atom. The maximum atomic E-state index is 13.3. The molecule has 1 aromatic carbocycles. The molecule has 0 bridgehead atoms. The Hall–Kier alpha value is -1.15. The van der Waals surface area contributed by atoms with Crippen molar-refractivity contribution < 1.29 is 4.39 Å². The number of halogens is 2. The predicted octanol–water partition coefficient (Wildman–Crippen LogP) is 3.34. The number of rotatable bonds is 0. The Labute approximate surface area is 80.2 Å². The van der Waals surface area contributed by atoms with Gasteiger partial charge >= 0.3 is 0 Å². The molecule has 0 aliphatic heterocycles. The number of nitrogens with zero attached hydrogens (tertiary/aromatic N) is 1. The highest BCUT2D eigenvalue weighted by Crippen LogP contribution is 2.26. The van der Waals surface area contributed by atoms with Gasteiger partial charge in [0, 0.05) is 17.0 Å². The lowest BCUT2D eigenvalue weighted by atomic mass is 10.1. The highest BCUT2D eigenvalue weighted by atomic mass is 35.5. The van der Waals surface area contributed by atoms with Crippen LogP contribution in [-0.2, 0) is 0 Å². The molecule has 0 atom stereocenters. The lowest BCUT2D eigenvalue weighted by Crippen LogP contribution is -1.86. The van der Waals surface area contributed by atoms with Crippen LogP contribution in [0.4, 0.5) is 4.39 Å². The van der Waals surface area contributed by atoms with Gasteiger partial charge in [0.25, 0.3) is 0 Å². The Balaban J connectivity index is 3.00. The van der Waals surface area contributed by atoms with Crippen molar-refractivity contribution in [2.24, 2.45) is 0 Å². The summed E-state index contributed by atoms with van der Waals surface area (Å²) in [5.74, 6) is -0.259. The first-order valence-electron chi connectivity index (χ1n) is 3.89. The van der Waals surface area contributed by atoms with Crippen LogP contribution < -0.4 is 0 Å². The molecule has 0 unspecified atom stereocenters. The average molecular weight is 196 g/mol. The fourth-order valence-electron chi connectivity index (χ4n) is 1.38. The third kappa shape index (κ3) is 1.27. The molecule has 3 heteroatoms. The Kier molecular flexibility index (Phi) is 1.93. The van der Waals surface area contributed by atoms with E-state index in [0.717, 1.165) is 5.56 Å². The maximum Gasteiger partial charge on any atom is 0.137 e. The molecule has 0 saturated carbocycles. The minimum atomic E-state index is -0.259. The number of aryl methyl sites for hydroxylation is 1. The molecular formula is C10H7ClFN. The zero-order valence-corrected chi connectivity index (χ0v) is 7.77. The van der Waals surface area contributed by atoms with Gasteiger partial charge in [0.05, 0.1) is 0 Å². The van der Waals surface area contributed by atoms with Crippen molar-refractivity contribution in [3.05, 3.63) is 40.9 Å². The van der Waals surface area contributed by atoms with Crippen molar-refractivity contribution in [1.82, 2.24) is 4.98 Å². The molecule has 2 rings (SSSR count). The van der Waals surface area contributed by atoms with Gasteiger partial charge in [-0.1, -0.05) is 17.7 Å². The summed E-state index contributed by atoms with van der Waals surface area (Å²) in [5, 5.41) is 1.58. The molecule has 0 aliphatic rings. The maximum absolute atomic E-state index is 13.3. The van der Waals surface area contributed by atoms with Crippen LogP contribution in [0.15, 0.2) is 24.4 Å². The molecule has 0 N–H and O–H groups in total. The lowest BCUT2D eigenvalue weighted by Gasteiger charge is -2.03. The molecule has 2 aromatic rings. The number of hydrogen-bond donors (Lipinski definition) is 0. The van der Waals surface area contributed by atoms with E-state index in [-0.39, 0.29) is 5.82 Å². The second-order valence-electron chi connectivity index (χ2n) is 2.89. The van der Waals surface area contributed by atoms with Crippen LogP contribution in [0.1, 0.15) is 5.56 Å². The van der Waals surface area contributed by atoms with E-state index >= 15 is 0 Å². The summed E-state index contributed by atoms with van der Waals surface area (Å²) in [4.78, 5) is 3.91. The Morgan fingerprint density at radius 3 is 2.77 bits per heavy atom. The average Bonchev–Trinajstić information content (AvgIpc) is 2.12. The van der Waals surface area contributed by atoms with Crippen LogP contribution in [0.25, 0.3) is 10.8 Å². The third-order valence-corrected chi connectivity index (χ3v) is 2.32. The molecule has 0 spiro atoms. The van der Waals surface area contributed by atoms with E-state index in [9.17, 15) is 4.39 Å². The normalized spacial score (nSPS) is 10.7. The zero-order chi connectivity index (χ0) is 9.42. The smallest absolute Gasteiger partial charge is 0.137 e. The van der Waals surface area contributed by atoms with Gasteiger partial charge < -0.3 is 0 Å². The summed E-state index contributed by atoms with van der Waals surface area (Å²) in [6.07, 6.45) is 1.51. The highest BCUT2D eigenvalue weighted by molar-refractivity contribution is 6.34. The van der Waals surface area contributed by atoms with Gasteiger partial charge in [0.2, 0.25) is 0 Å². The van der Waals surface area contributed by atoms with Gasteiger partial charge in [-0.15, -0.1) is 0 Å². The van der Waals surface area contributed by atoms with Crippen molar-refractivity contribution in [3.8, 4) is 0 Å². The molecular weight excluding hydrogens is 189 g/mol. The van der Waals surface area contributed by atoms with Gasteiger partial charge in [-0.05, 0) is 24.6 Å². The fraction of sp³-hybridized carbons (Fsp3) is 0.100. The van der Waals surface area contributed by atoms with Crippen molar-refractivity contribution in [2.45, 2.75) is 6.92 Å². The fourth-order valence-corrected chi connectivity index (χ4v) is 1.69. The molecule has 13 heavy (non-hydrogen) atoms. The van der Waals surface area contributed by atoms with Crippen molar-refractivity contribution >= 4 is 22.4 Å². The van der Waals surface area contributed by atoms with Gasteiger partial charge in [0.15, 0.2) is 0 Å². The molecule has 0 amide bonds. The predicted molar refractivity (Wildman–Crippen MR) is 51.4 cm³/mol. The highest BCUT2D eigenvalue weighted by Gasteiger charge is 2.06. The first-order valence-corrected chi connectivity index (χ1v) is 4.27. The standard InChI is InChI=1S/C10H7ClFN/c1-6-2-3-8(12)7-4-5-13-10(11)9(6)7/h2-5H,1H3. The third-order valence-electron chi connectivity index (χ3n) is 2.04. The van der Waals surface area contributed by atoms with Crippen LogP contribution in [-0.4, -0.2) is 4.98 Å². The molecule has 1 nitrogen and oxygen atoms in total. The molecule has 1 heterocycles. The number of aromatic nitrogens is 1.